The quantitative estimate of drug-likeness (QED) is 0.0501. The van der Waals surface area contributed by atoms with Crippen LogP contribution >= 0.6 is 0 Å². The average Bonchev–Trinajstić information content (AvgIpc) is 3.73. The predicted octanol–water partition coefficient (Wildman–Crippen LogP) is 7.21. The van der Waals surface area contributed by atoms with Crippen LogP contribution in [0.5, 0.6) is 0 Å². The zero-order valence-corrected chi connectivity index (χ0v) is 29.9. The smallest absolute Gasteiger partial charge is 0.407 e. The summed E-state index contributed by atoms with van der Waals surface area (Å²) in [4.78, 5) is 29.0. The maximum atomic E-state index is 15.7. The molecule has 0 aliphatic rings. The first kappa shape index (κ1) is 37.2. The van der Waals surface area contributed by atoms with Crippen molar-refractivity contribution < 1.29 is 19.1 Å². The van der Waals surface area contributed by atoms with Crippen molar-refractivity contribution in [1.82, 2.24) is 30.7 Å². The lowest BCUT2D eigenvalue weighted by molar-refractivity contribution is 0.0950. The number of carbonyl (C=O) groups excluding carboxylic acids is 1. The first-order valence-corrected chi connectivity index (χ1v) is 17.8. The lowest BCUT2D eigenvalue weighted by Gasteiger charge is -2.26. The number of H-pyrrole nitrogens is 2. The van der Waals surface area contributed by atoms with Gasteiger partial charge in [0.15, 0.2) is 0 Å². The van der Waals surface area contributed by atoms with E-state index < -0.39 is 6.09 Å². The van der Waals surface area contributed by atoms with Crippen LogP contribution in [-0.2, 0) is 4.74 Å². The highest BCUT2D eigenvalue weighted by molar-refractivity contribution is 6.05. The standard InChI is InChI=1S/C38H53FN8O3/c1-21(2)31(45-38(48)50-5)17-25(8-6-14-40)37-42-30-13-11-23-16-24(10-12-27(23)35(30)46-37)28-19-33-34(20-29(28)39)44-36(43-33)26(9-7-15-41)18-32(47-49)22(3)4/h10-13,16,19-22,25-26,31-32,47,49H,6-9,14-15,17-18,40-41H2,1-5H3,(H,42,46)(H,43,44)(H,45,48)/t25?,26?,31-,32-/m1/s1. The van der Waals surface area contributed by atoms with Gasteiger partial charge in [-0.1, -0.05) is 45.9 Å². The Hall–Kier alpha value is -4.10. The number of aromatic amines is 2. The summed E-state index contributed by atoms with van der Waals surface area (Å²) in [6, 6.07) is 13.1. The van der Waals surface area contributed by atoms with Gasteiger partial charge in [-0.15, -0.1) is 0 Å². The molecule has 9 N–H and O–H groups in total. The van der Waals surface area contributed by atoms with Gasteiger partial charge in [-0.25, -0.2) is 24.6 Å². The van der Waals surface area contributed by atoms with E-state index in [1.165, 1.54) is 13.2 Å². The van der Waals surface area contributed by atoms with E-state index in [-0.39, 0.29) is 41.6 Å². The molecular weight excluding hydrogens is 635 g/mol. The Morgan fingerprint density at radius 2 is 1.52 bits per heavy atom. The van der Waals surface area contributed by atoms with Crippen molar-refractivity contribution in [2.24, 2.45) is 23.3 Å². The fraction of sp³-hybridized carbons (Fsp3) is 0.500. The molecule has 0 aliphatic heterocycles. The molecule has 0 bridgehead atoms. The number of nitrogens with zero attached hydrogens (tertiary/aromatic N) is 2. The Balaban J connectivity index is 1.46. The number of alkyl carbamates (subject to hydrolysis) is 1. The van der Waals surface area contributed by atoms with Gasteiger partial charge >= 0.3 is 6.09 Å². The molecule has 5 aromatic rings. The third-order valence-corrected chi connectivity index (χ3v) is 10.0. The summed E-state index contributed by atoms with van der Waals surface area (Å²) < 4.78 is 20.6. The van der Waals surface area contributed by atoms with Gasteiger partial charge in [-0.05, 0) is 92.6 Å². The minimum Gasteiger partial charge on any atom is -0.453 e. The summed E-state index contributed by atoms with van der Waals surface area (Å²) in [7, 11) is 1.37. The van der Waals surface area contributed by atoms with Gasteiger partial charge in [0.2, 0.25) is 0 Å². The second-order valence-electron chi connectivity index (χ2n) is 14.2. The molecule has 0 aliphatic carbocycles. The summed E-state index contributed by atoms with van der Waals surface area (Å²) in [5.41, 5.74) is 18.5. The number of benzene rings is 3. The van der Waals surface area contributed by atoms with Gasteiger partial charge in [0.25, 0.3) is 0 Å². The van der Waals surface area contributed by atoms with Gasteiger partial charge in [0.1, 0.15) is 17.5 Å². The molecule has 2 aromatic heterocycles. The zero-order valence-electron chi connectivity index (χ0n) is 29.9. The van der Waals surface area contributed by atoms with Gasteiger partial charge < -0.3 is 36.7 Å². The van der Waals surface area contributed by atoms with Gasteiger partial charge in [0, 0.05) is 40.9 Å². The van der Waals surface area contributed by atoms with Crippen molar-refractivity contribution in [2.45, 2.75) is 90.1 Å². The van der Waals surface area contributed by atoms with Crippen LogP contribution in [0.4, 0.5) is 9.18 Å². The molecule has 4 atom stereocenters. The molecule has 0 fully saturated rings. The maximum absolute atomic E-state index is 15.7. The molecule has 0 saturated carbocycles. The van der Waals surface area contributed by atoms with E-state index in [0.717, 1.165) is 64.7 Å². The third-order valence-electron chi connectivity index (χ3n) is 10.0. The Morgan fingerprint density at radius 3 is 2.14 bits per heavy atom. The van der Waals surface area contributed by atoms with Crippen molar-refractivity contribution in [3.05, 3.63) is 59.9 Å². The van der Waals surface area contributed by atoms with E-state index in [1.54, 1.807) is 6.07 Å². The summed E-state index contributed by atoms with van der Waals surface area (Å²) >= 11 is 0. The Morgan fingerprint density at radius 1 is 0.880 bits per heavy atom. The van der Waals surface area contributed by atoms with Crippen molar-refractivity contribution in [3.8, 4) is 11.1 Å². The van der Waals surface area contributed by atoms with Crippen LogP contribution in [0, 0.1) is 17.7 Å². The van der Waals surface area contributed by atoms with E-state index in [1.807, 2.05) is 30.3 Å². The Kier molecular flexibility index (Phi) is 12.4. The van der Waals surface area contributed by atoms with Crippen LogP contribution < -0.4 is 22.3 Å². The molecule has 12 heteroatoms. The van der Waals surface area contributed by atoms with Gasteiger partial charge in [-0.3, -0.25) is 0 Å². The summed E-state index contributed by atoms with van der Waals surface area (Å²) in [5.74, 6) is 1.79. The number of ether oxygens (including phenoxy) is 1. The van der Waals surface area contributed by atoms with Gasteiger partial charge in [0.05, 0.1) is 29.2 Å². The monoisotopic (exact) mass is 688 g/mol. The highest BCUT2D eigenvalue weighted by Crippen LogP contribution is 2.35. The average molecular weight is 689 g/mol. The number of nitrogens with one attached hydrogen (secondary N) is 4. The molecule has 2 heterocycles. The lowest BCUT2D eigenvalue weighted by atomic mass is 9.89. The SMILES string of the molecule is COC(=O)N[C@H](CC(CCCN)c1nc2c(ccc3cc(-c4cc5nc(C(CCCN)C[C@@H](NO)C(C)C)[nH]c5cc4F)ccc32)[nH]1)C(C)C. The topological polar surface area (TPSA) is 180 Å². The molecule has 0 saturated heterocycles. The highest BCUT2D eigenvalue weighted by atomic mass is 19.1. The third kappa shape index (κ3) is 8.43. The minimum absolute atomic E-state index is 0.0293. The van der Waals surface area contributed by atoms with E-state index in [0.29, 0.717) is 42.5 Å². The summed E-state index contributed by atoms with van der Waals surface area (Å²) in [6.07, 6.45) is 4.20. The fourth-order valence-corrected chi connectivity index (χ4v) is 6.90. The molecule has 50 heavy (non-hydrogen) atoms. The molecule has 11 nitrogen and oxygen atoms in total. The van der Waals surface area contributed by atoms with Crippen LogP contribution in [0.2, 0.25) is 0 Å². The largest absolute Gasteiger partial charge is 0.453 e. The van der Waals surface area contributed by atoms with Crippen molar-refractivity contribution in [1.29, 1.82) is 0 Å². The van der Waals surface area contributed by atoms with E-state index >= 15 is 4.39 Å². The predicted molar refractivity (Wildman–Crippen MR) is 198 cm³/mol. The number of halogens is 1. The minimum atomic E-state index is -0.446. The zero-order chi connectivity index (χ0) is 35.9. The maximum Gasteiger partial charge on any atom is 0.407 e. The van der Waals surface area contributed by atoms with E-state index in [2.05, 4.69) is 48.5 Å². The molecule has 2 unspecified atom stereocenters. The number of rotatable bonds is 17. The number of hydroxylamine groups is 1. The van der Waals surface area contributed by atoms with Crippen LogP contribution in [0.15, 0.2) is 42.5 Å². The molecular formula is C38H53FN8O3. The number of carbonyl (C=O) groups is 1. The number of hydrogen-bond acceptors (Lipinski definition) is 8. The number of fused-ring (bicyclic) bond motifs is 4. The van der Waals surface area contributed by atoms with Gasteiger partial charge in [-0.2, -0.15) is 0 Å². The van der Waals surface area contributed by atoms with Crippen LogP contribution in [-0.4, -0.2) is 63.5 Å². The van der Waals surface area contributed by atoms with Crippen LogP contribution in [0.25, 0.3) is 44.0 Å². The number of hydrogen-bond donors (Lipinski definition) is 7. The van der Waals surface area contributed by atoms with E-state index in [4.69, 9.17) is 26.2 Å². The second-order valence-corrected chi connectivity index (χ2v) is 14.2. The fourth-order valence-electron chi connectivity index (χ4n) is 6.90. The van der Waals surface area contributed by atoms with E-state index in [9.17, 15) is 10.0 Å². The van der Waals surface area contributed by atoms with Crippen LogP contribution in [0.1, 0.15) is 89.7 Å². The van der Waals surface area contributed by atoms with Crippen LogP contribution in [0.3, 0.4) is 0 Å². The molecule has 270 valence electrons. The molecule has 3 aromatic carbocycles. The Labute approximate surface area is 293 Å². The lowest BCUT2D eigenvalue weighted by Crippen LogP contribution is -2.39. The number of amides is 1. The molecule has 0 spiro atoms. The number of aromatic nitrogens is 4. The van der Waals surface area contributed by atoms with Crippen molar-refractivity contribution in [3.63, 3.8) is 0 Å². The molecule has 5 rings (SSSR count). The molecule has 0 radical (unpaired) electrons. The second kappa shape index (κ2) is 16.7. The number of methoxy groups -OCH3 is 1. The molecule has 1 amide bonds. The normalized spacial score (nSPS) is 14.5. The number of nitrogens with two attached hydrogens (primary N) is 2. The van der Waals surface area contributed by atoms with Crippen molar-refractivity contribution >= 4 is 38.9 Å². The summed E-state index contributed by atoms with van der Waals surface area (Å²) in [5, 5.41) is 14.6. The Bertz CT molecular complexity index is 1890. The first-order valence-electron chi connectivity index (χ1n) is 17.8. The highest BCUT2D eigenvalue weighted by Gasteiger charge is 2.26. The summed E-state index contributed by atoms with van der Waals surface area (Å²) in [6.45, 7) is 9.40. The number of imidazole rings is 2. The first-order chi connectivity index (χ1) is 24.1. The van der Waals surface area contributed by atoms with Crippen molar-refractivity contribution in [2.75, 3.05) is 20.2 Å².